The molecule has 7 nitrogen and oxygen atoms in total. The Morgan fingerprint density at radius 1 is 1.07 bits per heavy atom. The van der Waals surface area contributed by atoms with Crippen molar-refractivity contribution in [2.75, 3.05) is 0 Å². The van der Waals surface area contributed by atoms with Gasteiger partial charge in [0.1, 0.15) is 11.1 Å². The molecule has 0 unspecified atom stereocenters. The SMILES string of the molecule is CC(=O)NC1=NN(C(C)=O)[C@@H](c2cccc(OC(=O)c3ccccc3)c2)S1. The van der Waals surface area contributed by atoms with Crippen LogP contribution in [-0.2, 0) is 9.59 Å². The van der Waals surface area contributed by atoms with E-state index in [0.29, 0.717) is 16.5 Å². The van der Waals surface area contributed by atoms with E-state index in [9.17, 15) is 14.4 Å². The van der Waals surface area contributed by atoms with Crippen molar-refractivity contribution in [3.8, 4) is 5.75 Å². The molecule has 2 aromatic carbocycles. The van der Waals surface area contributed by atoms with Gasteiger partial charge in [0.2, 0.25) is 11.8 Å². The molecule has 1 heterocycles. The van der Waals surface area contributed by atoms with Gasteiger partial charge in [0.05, 0.1) is 5.56 Å². The molecule has 0 saturated heterocycles. The van der Waals surface area contributed by atoms with Crippen LogP contribution in [0.15, 0.2) is 59.7 Å². The van der Waals surface area contributed by atoms with Gasteiger partial charge < -0.3 is 10.1 Å². The summed E-state index contributed by atoms with van der Waals surface area (Å²) in [6, 6.07) is 15.6. The van der Waals surface area contributed by atoms with Crippen molar-refractivity contribution in [3.05, 3.63) is 65.7 Å². The van der Waals surface area contributed by atoms with Gasteiger partial charge in [-0.15, -0.1) is 5.10 Å². The van der Waals surface area contributed by atoms with Crippen LogP contribution < -0.4 is 10.1 Å². The summed E-state index contributed by atoms with van der Waals surface area (Å²) >= 11 is 1.24. The zero-order valence-electron chi connectivity index (χ0n) is 14.7. The van der Waals surface area contributed by atoms with Crippen molar-refractivity contribution in [1.29, 1.82) is 0 Å². The molecule has 0 aliphatic carbocycles. The Bertz CT molecular complexity index is 914. The molecule has 8 heteroatoms. The fourth-order valence-corrected chi connectivity index (χ4v) is 3.58. The van der Waals surface area contributed by atoms with Gasteiger partial charge >= 0.3 is 5.97 Å². The zero-order chi connectivity index (χ0) is 19.4. The highest BCUT2D eigenvalue weighted by molar-refractivity contribution is 8.14. The third kappa shape index (κ3) is 4.53. The van der Waals surface area contributed by atoms with Crippen LogP contribution in [0.2, 0.25) is 0 Å². The Labute approximate surface area is 160 Å². The molecule has 3 rings (SSSR count). The van der Waals surface area contributed by atoms with E-state index in [-0.39, 0.29) is 11.8 Å². The molecular weight excluding hydrogens is 366 g/mol. The van der Waals surface area contributed by atoms with Crippen LogP contribution in [0.25, 0.3) is 0 Å². The van der Waals surface area contributed by atoms with Gasteiger partial charge in [-0.3, -0.25) is 9.59 Å². The van der Waals surface area contributed by atoms with E-state index in [0.717, 1.165) is 5.56 Å². The summed E-state index contributed by atoms with van der Waals surface area (Å²) in [5, 5.41) is 7.91. The maximum absolute atomic E-state index is 12.2. The van der Waals surface area contributed by atoms with Crippen LogP contribution in [0, 0.1) is 0 Å². The number of benzene rings is 2. The van der Waals surface area contributed by atoms with Crippen LogP contribution in [0.5, 0.6) is 5.75 Å². The second kappa shape index (κ2) is 8.05. The fraction of sp³-hybridized carbons (Fsp3) is 0.158. The first-order chi connectivity index (χ1) is 12.9. The van der Waals surface area contributed by atoms with Crippen LogP contribution in [0.4, 0.5) is 0 Å². The standard InChI is InChI=1S/C19H17N3O4S/c1-12(23)20-19-21-22(13(2)24)17(27-19)15-9-6-10-16(11-15)26-18(25)14-7-4-3-5-8-14/h3-11,17H,1-2H3,(H,20,21,23)/t17-/m1/s1. The van der Waals surface area contributed by atoms with E-state index >= 15 is 0 Å². The van der Waals surface area contributed by atoms with Crippen molar-refractivity contribution in [1.82, 2.24) is 10.3 Å². The first-order valence-corrected chi connectivity index (χ1v) is 9.02. The monoisotopic (exact) mass is 383 g/mol. The summed E-state index contributed by atoms with van der Waals surface area (Å²) in [5.74, 6) is -0.639. The fourth-order valence-electron chi connectivity index (χ4n) is 2.45. The minimum Gasteiger partial charge on any atom is -0.423 e. The Morgan fingerprint density at radius 2 is 1.81 bits per heavy atom. The minimum absolute atomic E-state index is 0.264. The maximum atomic E-state index is 12.2. The second-order valence-electron chi connectivity index (χ2n) is 5.75. The quantitative estimate of drug-likeness (QED) is 0.650. The molecule has 1 aliphatic heterocycles. The first kappa shape index (κ1) is 18.7. The van der Waals surface area contributed by atoms with Gasteiger partial charge in [0.25, 0.3) is 0 Å². The summed E-state index contributed by atoms with van der Waals surface area (Å²) in [4.78, 5) is 35.4. The zero-order valence-corrected chi connectivity index (χ0v) is 15.5. The lowest BCUT2D eigenvalue weighted by molar-refractivity contribution is -0.129. The predicted octanol–water partition coefficient (Wildman–Crippen LogP) is 2.91. The molecule has 2 amide bonds. The number of nitrogens with one attached hydrogen (secondary N) is 1. The van der Waals surface area contributed by atoms with Crippen LogP contribution in [0.3, 0.4) is 0 Å². The normalized spacial score (nSPS) is 15.9. The van der Waals surface area contributed by atoms with Crippen LogP contribution in [0.1, 0.15) is 35.1 Å². The number of carbonyl (C=O) groups is 3. The number of rotatable bonds is 3. The topological polar surface area (TPSA) is 88.1 Å². The number of thioether (sulfide) groups is 1. The number of ether oxygens (including phenoxy) is 1. The maximum Gasteiger partial charge on any atom is 0.343 e. The molecule has 0 fully saturated rings. The highest BCUT2D eigenvalue weighted by atomic mass is 32.2. The average Bonchev–Trinajstić information content (AvgIpc) is 3.06. The lowest BCUT2D eigenvalue weighted by atomic mass is 10.2. The van der Waals surface area contributed by atoms with E-state index in [1.807, 2.05) is 6.07 Å². The number of esters is 1. The Hall–Kier alpha value is -3.13. The predicted molar refractivity (Wildman–Crippen MR) is 102 cm³/mol. The number of amides is 2. The van der Waals surface area contributed by atoms with Gasteiger partial charge in [-0.25, -0.2) is 9.80 Å². The van der Waals surface area contributed by atoms with Gasteiger partial charge in [-0.2, -0.15) is 0 Å². The van der Waals surface area contributed by atoms with Crippen LogP contribution in [-0.4, -0.2) is 28.0 Å². The van der Waals surface area contributed by atoms with Gasteiger partial charge in [-0.05, 0) is 29.8 Å². The number of nitrogens with zero attached hydrogens (tertiary/aromatic N) is 2. The summed E-state index contributed by atoms with van der Waals surface area (Å²) in [7, 11) is 0. The summed E-state index contributed by atoms with van der Waals surface area (Å²) in [5.41, 5.74) is 1.16. The van der Waals surface area contributed by atoms with Gasteiger partial charge in [-0.1, -0.05) is 42.1 Å². The summed E-state index contributed by atoms with van der Waals surface area (Å²) in [6.07, 6.45) is 0. The number of amidine groups is 1. The average molecular weight is 383 g/mol. The van der Waals surface area contributed by atoms with Crippen molar-refractivity contribution in [2.45, 2.75) is 19.2 Å². The highest BCUT2D eigenvalue weighted by Crippen LogP contribution is 2.39. The van der Waals surface area contributed by atoms with Crippen molar-refractivity contribution >= 4 is 34.7 Å². The molecule has 138 valence electrons. The first-order valence-electron chi connectivity index (χ1n) is 8.14. The summed E-state index contributed by atoms with van der Waals surface area (Å²) in [6.45, 7) is 2.77. The number of hydrazone groups is 1. The van der Waals surface area contributed by atoms with Gasteiger partial charge in [0.15, 0.2) is 5.17 Å². The largest absolute Gasteiger partial charge is 0.423 e. The molecule has 1 N–H and O–H groups in total. The van der Waals surface area contributed by atoms with E-state index in [1.165, 1.54) is 30.6 Å². The second-order valence-corrected chi connectivity index (χ2v) is 6.82. The van der Waals surface area contributed by atoms with E-state index in [4.69, 9.17) is 4.74 Å². The van der Waals surface area contributed by atoms with E-state index in [1.54, 1.807) is 48.5 Å². The smallest absolute Gasteiger partial charge is 0.343 e. The molecule has 27 heavy (non-hydrogen) atoms. The van der Waals surface area contributed by atoms with E-state index < -0.39 is 11.3 Å². The minimum atomic E-state index is -0.467. The lowest BCUT2D eigenvalue weighted by Crippen LogP contribution is -2.25. The molecule has 1 aliphatic rings. The number of hydrogen-bond donors (Lipinski definition) is 1. The van der Waals surface area contributed by atoms with Gasteiger partial charge in [0, 0.05) is 13.8 Å². The third-order valence-electron chi connectivity index (χ3n) is 3.61. The molecule has 0 bridgehead atoms. The molecule has 0 radical (unpaired) electrons. The molecular formula is C19H17N3O4S. The lowest BCUT2D eigenvalue weighted by Gasteiger charge is -2.19. The van der Waals surface area contributed by atoms with Crippen molar-refractivity contribution < 1.29 is 19.1 Å². The highest BCUT2D eigenvalue weighted by Gasteiger charge is 2.32. The molecule has 1 atom stereocenters. The third-order valence-corrected chi connectivity index (χ3v) is 4.71. The van der Waals surface area contributed by atoms with Crippen molar-refractivity contribution in [2.24, 2.45) is 5.10 Å². The van der Waals surface area contributed by atoms with Crippen molar-refractivity contribution in [3.63, 3.8) is 0 Å². The summed E-state index contributed by atoms with van der Waals surface area (Å²) < 4.78 is 5.43. The number of hydrogen-bond acceptors (Lipinski definition) is 6. The Balaban J connectivity index is 1.79. The molecule has 2 aromatic rings. The molecule has 0 aromatic heterocycles. The Kier molecular flexibility index (Phi) is 5.56. The number of carbonyl (C=O) groups excluding carboxylic acids is 3. The molecule has 0 saturated carbocycles. The van der Waals surface area contributed by atoms with Crippen LogP contribution >= 0.6 is 11.8 Å². The molecule has 0 spiro atoms. The van der Waals surface area contributed by atoms with E-state index in [2.05, 4.69) is 10.4 Å². The Morgan fingerprint density at radius 3 is 2.48 bits per heavy atom.